The second-order valence-corrected chi connectivity index (χ2v) is 8.52. The molecule has 1 amide bonds. The number of ether oxygens (including phenoxy) is 1. The molecule has 0 saturated carbocycles. The number of carbonyl (C=O) groups excluding carboxylic acids is 1. The van der Waals surface area contributed by atoms with E-state index in [-0.39, 0.29) is 5.91 Å². The molecule has 0 radical (unpaired) electrons. The zero-order chi connectivity index (χ0) is 22.5. The van der Waals surface area contributed by atoms with Crippen molar-refractivity contribution in [3.05, 3.63) is 64.4 Å². The minimum Gasteiger partial charge on any atom is -0.378 e. The molecule has 1 N–H and O–H groups in total. The number of aromatic nitrogens is 3. The Labute approximate surface area is 193 Å². The van der Waals surface area contributed by atoms with Gasteiger partial charge in [-0.2, -0.15) is 5.10 Å². The highest BCUT2D eigenvalue weighted by Crippen LogP contribution is 2.19. The number of hydrogen-bond donors (Lipinski definition) is 1. The van der Waals surface area contributed by atoms with Gasteiger partial charge in [0.15, 0.2) is 10.6 Å². The van der Waals surface area contributed by atoms with Gasteiger partial charge in [-0.1, -0.05) is 42.0 Å². The molecule has 4 rings (SSSR count). The van der Waals surface area contributed by atoms with Gasteiger partial charge < -0.3 is 14.5 Å². The molecule has 32 heavy (non-hydrogen) atoms. The second kappa shape index (κ2) is 10.1. The van der Waals surface area contributed by atoms with Crippen molar-refractivity contribution in [1.82, 2.24) is 19.7 Å². The van der Waals surface area contributed by atoms with Gasteiger partial charge in [0.2, 0.25) is 5.91 Å². The van der Waals surface area contributed by atoms with Gasteiger partial charge in [0.25, 0.3) is 0 Å². The summed E-state index contributed by atoms with van der Waals surface area (Å²) < 4.78 is 7.83. The Hall–Kier alpha value is -2.97. The Morgan fingerprint density at radius 3 is 2.50 bits per heavy atom. The molecule has 1 saturated heterocycles. The predicted octanol–water partition coefficient (Wildman–Crippen LogP) is 3.80. The van der Waals surface area contributed by atoms with E-state index in [1.165, 1.54) is 11.3 Å². The standard InChI is InChI=1S/C24H29N5O2S/c1-18-3-7-20(8-4-18)23-25-26-24(32)29(23)12-11-22(30)27(2)17-19-5-9-21(10-6-19)28-13-15-31-16-14-28/h3-10H,11-17H2,1-2H3,(H,26,32). The molecule has 168 valence electrons. The fourth-order valence-corrected chi connectivity index (χ4v) is 4.07. The molecule has 0 bridgehead atoms. The third-order valence-electron chi connectivity index (χ3n) is 5.78. The first-order valence-electron chi connectivity index (χ1n) is 10.9. The normalized spacial score (nSPS) is 13.9. The van der Waals surface area contributed by atoms with Crippen LogP contribution in [-0.2, 0) is 22.6 Å². The highest BCUT2D eigenvalue weighted by atomic mass is 32.1. The minimum absolute atomic E-state index is 0.0696. The first kappa shape index (κ1) is 22.2. The number of morpholine rings is 1. The lowest BCUT2D eigenvalue weighted by atomic mass is 10.1. The summed E-state index contributed by atoms with van der Waals surface area (Å²) in [5.41, 5.74) is 4.47. The number of aromatic amines is 1. The summed E-state index contributed by atoms with van der Waals surface area (Å²) in [6.45, 7) is 6.47. The molecule has 1 aromatic heterocycles. The van der Waals surface area contributed by atoms with E-state index in [0.717, 1.165) is 43.3 Å². The van der Waals surface area contributed by atoms with Crippen molar-refractivity contribution in [3.63, 3.8) is 0 Å². The maximum atomic E-state index is 12.8. The van der Waals surface area contributed by atoms with Crippen molar-refractivity contribution in [1.29, 1.82) is 0 Å². The molecule has 0 atom stereocenters. The fourth-order valence-electron chi connectivity index (χ4n) is 3.84. The number of hydrogen-bond acceptors (Lipinski definition) is 5. The van der Waals surface area contributed by atoms with E-state index in [4.69, 9.17) is 17.0 Å². The maximum Gasteiger partial charge on any atom is 0.224 e. The zero-order valence-electron chi connectivity index (χ0n) is 18.6. The van der Waals surface area contributed by atoms with Crippen LogP contribution in [0, 0.1) is 11.7 Å². The van der Waals surface area contributed by atoms with Gasteiger partial charge in [0.1, 0.15) is 0 Å². The molecule has 0 spiro atoms. The summed E-state index contributed by atoms with van der Waals surface area (Å²) in [4.78, 5) is 16.9. The molecular weight excluding hydrogens is 422 g/mol. The Morgan fingerprint density at radius 1 is 1.12 bits per heavy atom. The van der Waals surface area contributed by atoms with E-state index in [1.807, 2.05) is 42.8 Å². The van der Waals surface area contributed by atoms with Crippen LogP contribution >= 0.6 is 12.2 Å². The Morgan fingerprint density at radius 2 is 1.81 bits per heavy atom. The first-order chi connectivity index (χ1) is 15.5. The van der Waals surface area contributed by atoms with E-state index >= 15 is 0 Å². The number of aryl methyl sites for hydroxylation is 1. The summed E-state index contributed by atoms with van der Waals surface area (Å²) in [6.07, 6.45) is 0.356. The summed E-state index contributed by atoms with van der Waals surface area (Å²) in [5, 5.41) is 7.22. The lowest BCUT2D eigenvalue weighted by Gasteiger charge is -2.29. The summed E-state index contributed by atoms with van der Waals surface area (Å²) >= 11 is 5.40. The summed E-state index contributed by atoms with van der Waals surface area (Å²) in [7, 11) is 1.84. The molecule has 1 fully saturated rings. The van der Waals surface area contributed by atoms with Crippen molar-refractivity contribution in [3.8, 4) is 11.4 Å². The molecule has 8 heteroatoms. The second-order valence-electron chi connectivity index (χ2n) is 8.14. The van der Waals surface area contributed by atoms with Crippen molar-refractivity contribution < 1.29 is 9.53 Å². The Balaban J connectivity index is 1.35. The van der Waals surface area contributed by atoms with Gasteiger partial charge in [-0.05, 0) is 36.8 Å². The number of H-pyrrole nitrogens is 1. The van der Waals surface area contributed by atoms with Crippen LogP contribution in [0.2, 0.25) is 0 Å². The third kappa shape index (κ3) is 5.26. The van der Waals surface area contributed by atoms with Gasteiger partial charge in [-0.25, -0.2) is 0 Å². The smallest absolute Gasteiger partial charge is 0.224 e. The number of nitrogens with zero attached hydrogens (tertiary/aromatic N) is 4. The summed E-state index contributed by atoms with van der Waals surface area (Å²) in [5.74, 6) is 0.823. The van der Waals surface area contributed by atoms with E-state index in [1.54, 1.807) is 4.90 Å². The van der Waals surface area contributed by atoms with Gasteiger partial charge in [-0.15, -0.1) is 0 Å². The number of carbonyl (C=O) groups is 1. The first-order valence-corrected chi connectivity index (χ1v) is 11.3. The predicted molar refractivity (Wildman–Crippen MR) is 128 cm³/mol. The molecule has 0 aliphatic carbocycles. The highest BCUT2D eigenvalue weighted by molar-refractivity contribution is 7.71. The maximum absolute atomic E-state index is 12.8. The van der Waals surface area contributed by atoms with E-state index < -0.39 is 0 Å². The van der Waals surface area contributed by atoms with Gasteiger partial charge >= 0.3 is 0 Å². The SMILES string of the molecule is Cc1ccc(-c2n[nH]c(=S)n2CCC(=O)N(C)Cc2ccc(N3CCOCC3)cc2)cc1. The van der Waals surface area contributed by atoms with Crippen molar-refractivity contribution in [2.75, 3.05) is 38.3 Å². The minimum atomic E-state index is 0.0696. The van der Waals surface area contributed by atoms with Crippen molar-refractivity contribution in [2.45, 2.75) is 26.4 Å². The van der Waals surface area contributed by atoms with Crippen LogP contribution in [-0.4, -0.2) is 58.9 Å². The molecule has 3 aromatic rings. The molecule has 1 aliphatic rings. The topological polar surface area (TPSA) is 66.4 Å². The van der Waals surface area contributed by atoms with Gasteiger partial charge in [0.05, 0.1) is 13.2 Å². The largest absolute Gasteiger partial charge is 0.378 e. The van der Waals surface area contributed by atoms with Crippen LogP contribution in [0.25, 0.3) is 11.4 Å². The van der Waals surface area contributed by atoms with Crippen LogP contribution in [0.1, 0.15) is 17.5 Å². The van der Waals surface area contributed by atoms with Gasteiger partial charge in [-0.3, -0.25) is 14.5 Å². The highest BCUT2D eigenvalue weighted by Gasteiger charge is 2.15. The van der Waals surface area contributed by atoms with E-state index in [9.17, 15) is 4.79 Å². The quantitative estimate of drug-likeness (QED) is 0.554. The Bertz CT molecular complexity index is 1100. The molecule has 7 nitrogen and oxygen atoms in total. The van der Waals surface area contributed by atoms with Crippen LogP contribution < -0.4 is 4.90 Å². The molecule has 2 aromatic carbocycles. The Kier molecular flexibility index (Phi) is 7.02. The average Bonchev–Trinajstić information content (AvgIpc) is 3.19. The molecule has 1 aliphatic heterocycles. The van der Waals surface area contributed by atoms with E-state index in [0.29, 0.717) is 24.3 Å². The summed E-state index contributed by atoms with van der Waals surface area (Å²) in [6, 6.07) is 16.6. The van der Waals surface area contributed by atoms with Crippen LogP contribution in [0.5, 0.6) is 0 Å². The van der Waals surface area contributed by atoms with Crippen molar-refractivity contribution in [2.24, 2.45) is 0 Å². The third-order valence-corrected chi connectivity index (χ3v) is 6.09. The average molecular weight is 452 g/mol. The van der Waals surface area contributed by atoms with Crippen molar-refractivity contribution >= 4 is 23.8 Å². The fraction of sp³-hybridized carbons (Fsp3) is 0.375. The van der Waals surface area contributed by atoms with E-state index in [2.05, 4.69) is 39.4 Å². The molecule has 0 unspecified atom stereocenters. The number of nitrogens with one attached hydrogen (secondary N) is 1. The van der Waals surface area contributed by atoms with Gasteiger partial charge in [0, 0.05) is 50.9 Å². The number of anilines is 1. The molecular formula is C24H29N5O2S. The monoisotopic (exact) mass is 451 g/mol. The van der Waals surface area contributed by atoms with Crippen LogP contribution in [0.15, 0.2) is 48.5 Å². The number of amides is 1. The number of rotatable bonds is 7. The lowest BCUT2D eigenvalue weighted by molar-refractivity contribution is -0.130. The molecule has 2 heterocycles. The van der Waals surface area contributed by atoms with Crippen LogP contribution in [0.3, 0.4) is 0 Å². The lowest BCUT2D eigenvalue weighted by Crippen LogP contribution is -2.36. The number of benzene rings is 2. The zero-order valence-corrected chi connectivity index (χ0v) is 19.4. The van der Waals surface area contributed by atoms with Crippen LogP contribution in [0.4, 0.5) is 5.69 Å².